The van der Waals surface area contributed by atoms with Gasteiger partial charge in [-0.2, -0.15) is 5.10 Å². The van der Waals surface area contributed by atoms with Crippen LogP contribution in [0.3, 0.4) is 0 Å². The van der Waals surface area contributed by atoms with Gasteiger partial charge in [-0.25, -0.2) is 18.9 Å². The van der Waals surface area contributed by atoms with Crippen LogP contribution < -0.4 is 10.1 Å². The van der Waals surface area contributed by atoms with Crippen LogP contribution in [0.15, 0.2) is 55.1 Å². The van der Waals surface area contributed by atoms with Crippen molar-refractivity contribution in [3.05, 3.63) is 66.0 Å². The molecule has 0 saturated carbocycles. The number of carbonyl (C=O) groups is 2. The quantitative estimate of drug-likeness (QED) is 0.608. The fourth-order valence-electron chi connectivity index (χ4n) is 2.21. The maximum atomic E-state index is 13.0. The molecule has 0 atom stereocenters. The second-order valence-corrected chi connectivity index (χ2v) is 5.89. The molecule has 3 aromatic rings. The van der Waals surface area contributed by atoms with E-state index < -0.39 is 30.9 Å². The van der Waals surface area contributed by atoms with E-state index in [1.54, 1.807) is 12.1 Å². The topological polar surface area (TPSA) is 95.3 Å². The van der Waals surface area contributed by atoms with E-state index in [1.165, 1.54) is 41.6 Å². The van der Waals surface area contributed by atoms with E-state index in [0.29, 0.717) is 16.4 Å². The molecule has 0 saturated heterocycles. The first-order chi connectivity index (χ1) is 13.5. The highest BCUT2D eigenvalue weighted by atomic mass is 35.5. The third-order valence-electron chi connectivity index (χ3n) is 3.42. The first-order valence-electron chi connectivity index (χ1n) is 7.99. The zero-order chi connectivity index (χ0) is 19.9. The van der Waals surface area contributed by atoms with Gasteiger partial charge in [0.05, 0.1) is 11.4 Å². The summed E-state index contributed by atoms with van der Waals surface area (Å²) in [7, 11) is 0. The van der Waals surface area contributed by atoms with Gasteiger partial charge in [0.2, 0.25) is 0 Å². The Kier molecular flexibility index (Phi) is 6.18. The molecule has 1 heterocycles. The molecular formula is C18H14ClFN4O4. The first-order valence-corrected chi connectivity index (χ1v) is 8.37. The lowest BCUT2D eigenvalue weighted by atomic mass is 10.2. The number of aromatic nitrogens is 3. The van der Waals surface area contributed by atoms with Crippen molar-refractivity contribution in [1.29, 1.82) is 0 Å². The Morgan fingerprint density at radius 3 is 2.79 bits per heavy atom. The number of nitrogens with zero attached hydrogens (tertiary/aromatic N) is 3. The van der Waals surface area contributed by atoms with Gasteiger partial charge in [0, 0.05) is 11.1 Å². The fraction of sp³-hybridized carbons (Fsp3) is 0.111. The normalized spacial score (nSPS) is 10.4. The van der Waals surface area contributed by atoms with E-state index in [2.05, 4.69) is 15.4 Å². The van der Waals surface area contributed by atoms with Crippen molar-refractivity contribution in [2.45, 2.75) is 0 Å². The maximum Gasteiger partial charge on any atom is 0.344 e. The van der Waals surface area contributed by atoms with Gasteiger partial charge < -0.3 is 14.8 Å². The minimum Gasteiger partial charge on any atom is -0.482 e. The third kappa shape index (κ3) is 5.27. The Morgan fingerprint density at radius 1 is 1.18 bits per heavy atom. The van der Waals surface area contributed by atoms with Gasteiger partial charge in [-0.05, 0) is 30.3 Å². The highest BCUT2D eigenvalue weighted by molar-refractivity contribution is 6.31. The van der Waals surface area contributed by atoms with Gasteiger partial charge >= 0.3 is 5.97 Å². The SMILES string of the molecule is O=C(COC(=O)COc1cccc(F)c1)Nc1cc(Cl)ccc1-n1cncn1. The Bertz CT molecular complexity index is 981. The van der Waals surface area contributed by atoms with Crippen LogP contribution in [-0.2, 0) is 14.3 Å². The van der Waals surface area contributed by atoms with E-state index in [0.717, 1.165) is 6.07 Å². The van der Waals surface area contributed by atoms with Crippen LogP contribution in [-0.4, -0.2) is 39.9 Å². The second kappa shape index (κ2) is 8.96. The average molecular weight is 405 g/mol. The summed E-state index contributed by atoms with van der Waals surface area (Å²) in [5.74, 6) is -1.67. The Morgan fingerprint density at radius 2 is 2.04 bits per heavy atom. The van der Waals surface area contributed by atoms with Crippen molar-refractivity contribution in [3.8, 4) is 11.4 Å². The second-order valence-electron chi connectivity index (χ2n) is 5.46. The monoisotopic (exact) mass is 404 g/mol. The molecule has 0 aliphatic carbocycles. The summed E-state index contributed by atoms with van der Waals surface area (Å²) in [6.45, 7) is -0.993. The number of benzene rings is 2. The lowest BCUT2D eigenvalue weighted by Gasteiger charge is -2.12. The summed E-state index contributed by atoms with van der Waals surface area (Å²) in [5.41, 5.74) is 0.908. The molecule has 0 aliphatic heterocycles. The van der Waals surface area contributed by atoms with Crippen molar-refractivity contribution >= 4 is 29.2 Å². The minimum atomic E-state index is -0.776. The van der Waals surface area contributed by atoms with Gasteiger partial charge in [-0.3, -0.25) is 4.79 Å². The predicted octanol–water partition coefficient (Wildman–Crippen LogP) is 2.62. The molecule has 144 valence electrons. The van der Waals surface area contributed by atoms with Crippen LogP contribution in [0.1, 0.15) is 0 Å². The highest BCUT2D eigenvalue weighted by Gasteiger charge is 2.13. The number of hydrogen-bond acceptors (Lipinski definition) is 6. The number of amides is 1. The largest absolute Gasteiger partial charge is 0.482 e. The predicted molar refractivity (Wildman–Crippen MR) is 97.9 cm³/mol. The molecule has 1 amide bonds. The number of anilines is 1. The molecule has 10 heteroatoms. The highest BCUT2D eigenvalue weighted by Crippen LogP contribution is 2.23. The molecule has 0 unspecified atom stereocenters. The van der Waals surface area contributed by atoms with E-state index in [-0.39, 0.29) is 5.75 Å². The molecule has 8 nitrogen and oxygen atoms in total. The molecule has 28 heavy (non-hydrogen) atoms. The van der Waals surface area contributed by atoms with Crippen LogP contribution in [0.5, 0.6) is 5.75 Å². The molecule has 1 aromatic heterocycles. The number of esters is 1. The summed E-state index contributed by atoms with van der Waals surface area (Å²) < 4.78 is 24.4. The van der Waals surface area contributed by atoms with Crippen molar-refractivity contribution in [3.63, 3.8) is 0 Å². The zero-order valence-electron chi connectivity index (χ0n) is 14.3. The number of ether oxygens (including phenoxy) is 2. The van der Waals surface area contributed by atoms with E-state index >= 15 is 0 Å². The average Bonchev–Trinajstić information content (AvgIpc) is 3.19. The standard InChI is InChI=1S/C18H14ClFN4O4/c19-12-4-5-16(24-11-21-10-22-24)15(6-12)23-17(25)8-28-18(26)9-27-14-3-1-2-13(20)7-14/h1-7,10-11H,8-9H2,(H,23,25). The number of carbonyl (C=O) groups excluding carboxylic acids is 2. The number of halogens is 2. The van der Waals surface area contributed by atoms with Gasteiger partial charge in [0.1, 0.15) is 24.2 Å². The molecule has 0 spiro atoms. The molecule has 2 aromatic carbocycles. The maximum absolute atomic E-state index is 13.0. The van der Waals surface area contributed by atoms with Crippen molar-refractivity contribution in [1.82, 2.24) is 14.8 Å². The minimum absolute atomic E-state index is 0.179. The van der Waals surface area contributed by atoms with E-state index in [1.807, 2.05) is 0 Å². The van der Waals surface area contributed by atoms with Crippen LogP contribution in [0, 0.1) is 5.82 Å². The number of rotatable bonds is 7. The van der Waals surface area contributed by atoms with E-state index in [4.69, 9.17) is 21.1 Å². The summed E-state index contributed by atoms with van der Waals surface area (Å²) in [4.78, 5) is 27.7. The first kappa shape index (κ1) is 19.3. The summed E-state index contributed by atoms with van der Waals surface area (Å²) in [6, 6.07) is 10.1. The Hall–Kier alpha value is -3.46. The van der Waals surface area contributed by atoms with Crippen LogP contribution in [0.2, 0.25) is 5.02 Å². The molecule has 0 bridgehead atoms. The van der Waals surface area contributed by atoms with Gasteiger partial charge in [0.25, 0.3) is 5.91 Å². The smallest absolute Gasteiger partial charge is 0.344 e. The van der Waals surface area contributed by atoms with Crippen LogP contribution >= 0.6 is 11.6 Å². The molecule has 0 radical (unpaired) electrons. The van der Waals surface area contributed by atoms with Gasteiger partial charge in [-0.1, -0.05) is 17.7 Å². The lowest BCUT2D eigenvalue weighted by molar-refractivity contribution is -0.149. The Labute approximate surface area is 163 Å². The molecule has 1 N–H and O–H groups in total. The van der Waals surface area contributed by atoms with Crippen LogP contribution in [0.25, 0.3) is 5.69 Å². The lowest BCUT2D eigenvalue weighted by Crippen LogP contribution is -2.24. The van der Waals surface area contributed by atoms with Crippen LogP contribution in [0.4, 0.5) is 10.1 Å². The summed E-state index contributed by atoms with van der Waals surface area (Å²) in [6.07, 6.45) is 2.81. The zero-order valence-corrected chi connectivity index (χ0v) is 15.1. The molecule has 0 aliphatic rings. The van der Waals surface area contributed by atoms with Gasteiger partial charge in [0.15, 0.2) is 13.2 Å². The summed E-state index contributed by atoms with van der Waals surface area (Å²) >= 11 is 5.97. The van der Waals surface area contributed by atoms with Crippen molar-refractivity contribution < 1.29 is 23.5 Å². The number of hydrogen-bond donors (Lipinski definition) is 1. The van der Waals surface area contributed by atoms with E-state index in [9.17, 15) is 14.0 Å². The van der Waals surface area contributed by atoms with Gasteiger partial charge in [-0.15, -0.1) is 0 Å². The fourth-order valence-corrected chi connectivity index (χ4v) is 2.39. The van der Waals surface area contributed by atoms with Crippen molar-refractivity contribution in [2.24, 2.45) is 0 Å². The Balaban J connectivity index is 1.53. The van der Waals surface area contributed by atoms with Crippen molar-refractivity contribution in [2.75, 3.05) is 18.5 Å². The molecular weight excluding hydrogens is 391 g/mol. The molecule has 0 fully saturated rings. The number of nitrogens with one attached hydrogen (secondary N) is 1. The summed E-state index contributed by atoms with van der Waals surface area (Å²) in [5, 5.41) is 7.00. The molecule has 3 rings (SSSR count). The third-order valence-corrected chi connectivity index (χ3v) is 3.65.